The molecule has 1 aliphatic heterocycles. The highest BCUT2D eigenvalue weighted by Crippen LogP contribution is 2.33. The lowest BCUT2D eigenvalue weighted by Gasteiger charge is -2.27. The Morgan fingerprint density at radius 1 is 1.15 bits per heavy atom. The van der Waals surface area contributed by atoms with Crippen molar-refractivity contribution in [3.63, 3.8) is 0 Å². The summed E-state index contributed by atoms with van der Waals surface area (Å²) >= 11 is 0. The first-order valence-corrected chi connectivity index (χ1v) is 7.29. The van der Waals surface area contributed by atoms with Crippen LogP contribution in [0.4, 0.5) is 17.8 Å². The molecule has 0 bridgehead atoms. The fourth-order valence-corrected chi connectivity index (χ4v) is 2.36. The van der Waals surface area contributed by atoms with Crippen LogP contribution in [0.5, 0.6) is 0 Å². The van der Waals surface area contributed by atoms with Gasteiger partial charge in [0.2, 0.25) is 17.8 Å². The van der Waals surface area contributed by atoms with Crippen molar-refractivity contribution in [3.05, 3.63) is 0 Å². The van der Waals surface area contributed by atoms with E-state index in [4.69, 9.17) is 4.74 Å². The molecular weight excluding hydrogens is 256 g/mol. The molecule has 1 aliphatic carbocycles. The second kappa shape index (κ2) is 5.78. The number of nitrogens with zero attached hydrogens (tertiary/aromatic N) is 4. The first-order valence-electron chi connectivity index (χ1n) is 7.29. The van der Waals surface area contributed by atoms with E-state index in [1.54, 1.807) is 0 Å². The molecule has 1 atom stereocenters. The average molecular weight is 278 g/mol. The summed E-state index contributed by atoms with van der Waals surface area (Å²) in [5.74, 6) is 2.74. The summed E-state index contributed by atoms with van der Waals surface area (Å²) in [7, 11) is 1.83. The molecule has 2 heterocycles. The number of anilines is 3. The van der Waals surface area contributed by atoms with Gasteiger partial charge in [0.15, 0.2) is 0 Å². The molecule has 2 N–H and O–H groups in total. The Kier molecular flexibility index (Phi) is 3.86. The number of rotatable bonds is 5. The van der Waals surface area contributed by atoms with Crippen molar-refractivity contribution in [1.29, 1.82) is 0 Å². The summed E-state index contributed by atoms with van der Waals surface area (Å²) < 4.78 is 5.37. The fraction of sp³-hybridized carbons (Fsp3) is 0.769. The Morgan fingerprint density at radius 3 is 2.50 bits per heavy atom. The summed E-state index contributed by atoms with van der Waals surface area (Å²) in [5.41, 5.74) is 0. The summed E-state index contributed by atoms with van der Waals surface area (Å²) in [6, 6.07) is 0.416. The van der Waals surface area contributed by atoms with E-state index in [-0.39, 0.29) is 0 Å². The highest BCUT2D eigenvalue weighted by atomic mass is 16.5. The van der Waals surface area contributed by atoms with E-state index in [1.165, 1.54) is 12.8 Å². The van der Waals surface area contributed by atoms with Crippen molar-refractivity contribution in [1.82, 2.24) is 15.0 Å². The molecule has 1 aromatic heterocycles. The van der Waals surface area contributed by atoms with Gasteiger partial charge < -0.3 is 20.3 Å². The van der Waals surface area contributed by atoms with E-state index in [0.29, 0.717) is 17.9 Å². The standard InChI is InChI=1S/C13H22N6O/c1-9(10-3-4-10)15-12-16-11(14-2)17-13(18-12)19-5-7-20-8-6-19/h9-10H,3-8H2,1-2H3,(H2,14,15,16,17,18). The van der Waals surface area contributed by atoms with Gasteiger partial charge in [-0.05, 0) is 25.7 Å². The first kappa shape index (κ1) is 13.4. The van der Waals surface area contributed by atoms with Crippen LogP contribution >= 0.6 is 0 Å². The summed E-state index contributed by atoms with van der Waals surface area (Å²) in [4.78, 5) is 15.5. The molecule has 2 fully saturated rings. The van der Waals surface area contributed by atoms with Crippen molar-refractivity contribution in [2.24, 2.45) is 5.92 Å². The molecule has 7 nitrogen and oxygen atoms in total. The van der Waals surface area contributed by atoms with Gasteiger partial charge in [-0.25, -0.2) is 0 Å². The molecular formula is C13H22N6O. The minimum Gasteiger partial charge on any atom is -0.378 e. The first-order chi connectivity index (χ1) is 9.76. The molecule has 0 radical (unpaired) electrons. The van der Waals surface area contributed by atoms with Gasteiger partial charge in [-0.2, -0.15) is 15.0 Å². The molecule has 3 rings (SSSR count). The summed E-state index contributed by atoms with van der Waals surface area (Å²) in [6.07, 6.45) is 2.60. The van der Waals surface area contributed by atoms with Gasteiger partial charge in [0.05, 0.1) is 13.2 Å². The van der Waals surface area contributed by atoms with Crippen LogP contribution in [0.2, 0.25) is 0 Å². The number of nitrogens with one attached hydrogen (secondary N) is 2. The second-order valence-corrected chi connectivity index (χ2v) is 5.40. The number of hydrogen-bond acceptors (Lipinski definition) is 7. The zero-order valence-electron chi connectivity index (χ0n) is 12.1. The maximum atomic E-state index is 5.37. The van der Waals surface area contributed by atoms with E-state index < -0.39 is 0 Å². The third-order valence-electron chi connectivity index (χ3n) is 3.83. The summed E-state index contributed by atoms with van der Waals surface area (Å²) in [5, 5.41) is 6.40. The molecule has 0 amide bonds. The van der Waals surface area contributed by atoms with Crippen LogP contribution < -0.4 is 15.5 Å². The molecule has 1 unspecified atom stereocenters. The Bertz CT molecular complexity index is 458. The van der Waals surface area contributed by atoms with Crippen molar-refractivity contribution in [3.8, 4) is 0 Å². The molecule has 0 aromatic carbocycles. The smallest absolute Gasteiger partial charge is 0.232 e. The van der Waals surface area contributed by atoms with Gasteiger partial charge in [0.1, 0.15) is 0 Å². The molecule has 20 heavy (non-hydrogen) atoms. The van der Waals surface area contributed by atoms with E-state index in [1.807, 2.05) is 7.05 Å². The highest BCUT2D eigenvalue weighted by Gasteiger charge is 2.28. The topological polar surface area (TPSA) is 75.2 Å². The van der Waals surface area contributed by atoms with Crippen LogP contribution in [0.25, 0.3) is 0 Å². The van der Waals surface area contributed by atoms with Crippen molar-refractivity contribution in [2.75, 3.05) is 48.9 Å². The van der Waals surface area contributed by atoms with Gasteiger partial charge >= 0.3 is 0 Å². The molecule has 1 saturated heterocycles. The van der Waals surface area contributed by atoms with Gasteiger partial charge in [-0.3, -0.25) is 0 Å². The predicted molar refractivity (Wildman–Crippen MR) is 78.2 cm³/mol. The quantitative estimate of drug-likeness (QED) is 0.831. The van der Waals surface area contributed by atoms with Gasteiger partial charge in [-0.15, -0.1) is 0 Å². The Labute approximate surface area is 119 Å². The van der Waals surface area contributed by atoms with Crippen LogP contribution in [0.1, 0.15) is 19.8 Å². The van der Waals surface area contributed by atoms with Gasteiger partial charge in [0.25, 0.3) is 0 Å². The van der Waals surface area contributed by atoms with E-state index in [2.05, 4.69) is 37.4 Å². The lowest BCUT2D eigenvalue weighted by atomic mass is 10.2. The molecule has 1 saturated carbocycles. The zero-order chi connectivity index (χ0) is 13.9. The third-order valence-corrected chi connectivity index (χ3v) is 3.83. The third kappa shape index (κ3) is 3.09. The van der Waals surface area contributed by atoms with Crippen molar-refractivity contribution < 1.29 is 4.74 Å². The molecule has 110 valence electrons. The van der Waals surface area contributed by atoms with E-state index in [0.717, 1.165) is 38.2 Å². The molecule has 7 heteroatoms. The zero-order valence-corrected chi connectivity index (χ0v) is 12.1. The SMILES string of the molecule is CNc1nc(NC(C)C2CC2)nc(N2CCOCC2)n1. The minimum atomic E-state index is 0.416. The van der Waals surface area contributed by atoms with Crippen LogP contribution in [-0.4, -0.2) is 54.3 Å². The lowest BCUT2D eigenvalue weighted by Crippen LogP contribution is -2.37. The number of morpholine rings is 1. The normalized spacial score (nSPS) is 20.6. The molecule has 1 aromatic rings. The largest absolute Gasteiger partial charge is 0.378 e. The summed E-state index contributed by atoms with van der Waals surface area (Å²) in [6.45, 7) is 5.29. The van der Waals surface area contributed by atoms with E-state index in [9.17, 15) is 0 Å². The predicted octanol–water partition coefficient (Wildman–Crippen LogP) is 0.960. The van der Waals surface area contributed by atoms with Gasteiger partial charge in [-0.1, -0.05) is 0 Å². The highest BCUT2D eigenvalue weighted by molar-refractivity contribution is 5.44. The molecule has 0 spiro atoms. The Hall–Kier alpha value is -1.63. The Balaban J connectivity index is 1.77. The fourth-order valence-electron chi connectivity index (χ4n) is 2.36. The van der Waals surface area contributed by atoms with Gasteiger partial charge in [0, 0.05) is 26.2 Å². The van der Waals surface area contributed by atoms with E-state index >= 15 is 0 Å². The average Bonchev–Trinajstić information content (AvgIpc) is 3.32. The lowest BCUT2D eigenvalue weighted by molar-refractivity contribution is 0.122. The van der Waals surface area contributed by atoms with Crippen LogP contribution in [0, 0.1) is 5.92 Å². The minimum absolute atomic E-state index is 0.416. The number of hydrogen-bond donors (Lipinski definition) is 2. The monoisotopic (exact) mass is 278 g/mol. The van der Waals surface area contributed by atoms with Crippen molar-refractivity contribution >= 4 is 17.8 Å². The van der Waals surface area contributed by atoms with Crippen LogP contribution in [0.15, 0.2) is 0 Å². The number of aromatic nitrogens is 3. The second-order valence-electron chi connectivity index (χ2n) is 5.40. The Morgan fingerprint density at radius 2 is 1.85 bits per heavy atom. The maximum Gasteiger partial charge on any atom is 0.232 e. The van der Waals surface area contributed by atoms with Crippen molar-refractivity contribution in [2.45, 2.75) is 25.8 Å². The maximum absolute atomic E-state index is 5.37. The van der Waals surface area contributed by atoms with Crippen LogP contribution in [-0.2, 0) is 4.74 Å². The van der Waals surface area contributed by atoms with Crippen LogP contribution in [0.3, 0.4) is 0 Å². The molecule has 2 aliphatic rings. The number of ether oxygens (including phenoxy) is 1.